The van der Waals surface area contributed by atoms with Gasteiger partial charge in [-0.05, 0) is 55.7 Å². The lowest BCUT2D eigenvalue weighted by Crippen LogP contribution is -2.06. The Labute approximate surface area is 113 Å². The molecular formula is C16H17NO2. The molecule has 0 amide bonds. The van der Waals surface area contributed by atoms with Crippen molar-refractivity contribution in [2.75, 3.05) is 7.11 Å². The molecule has 0 fully saturated rings. The van der Waals surface area contributed by atoms with E-state index in [0.29, 0.717) is 11.1 Å². The summed E-state index contributed by atoms with van der Waals surface area (Å²) in [6.45, 7) is 5.78. The summed E-state index contributed by atoms with van der Waals surface area (Å²) in [6.07, 6.45) is 3.34. The zero-order valence-corrected chi connectivity index (χ0v) is 11.7. The van der Waals surface area contributed by atoms with Crippen LogP contribution in [-0.4, -0.2) is 17.9 Å². The third-order valence-electron chi connectivity index (χ3n) is 3.12. The molecule has 0 aliphatic rings. The predicted octanol–water partition coefficient (Wildman–Crippen LogP) is 3.25. The van der Waals surface area contributed by atoms with Gasteiger partial charge in [0.25, 0.3) is 0 Å². The summed E-state index contributed by atoms with van der Waals surface area (Å²) >= 11 is 0. The summed E-state index contributed by atoms with van der Waals surface area (Å²) < 4.78 is 5.26. The first-order chi connectivity index (χ1) is 9.02. The lowest BCUT2D eigenvalue weighted by Gasteiger charge is -2.10. The average Bonchev–Trinajstić information content (AvgIpc) is 2.40. The third-order valence-corrected chi connectivity index (χ3v) is 3.12. The molecule has 2 rings (SSSR count). The highest BCUT2D eigenvalue weighted by Crippen LogP contribution is 2.24. The van der Waals surface area contributed by atoms with E-state index in [4.69, 9.17) is 4.74 Å². The van der Waals surface area contributed by atoms with Gasteiger partial charge in [-0.2, -0.15) is 0 Å². The summed E-state index contributed by atoms with van der Waals surface area (Å²) in [5.74, 6) is 0.802. The Morgan fingerprint density at radius 3 is 2.42 bits per heavy atom. The summed E-state index contributed by atoms with van der Waals surface area (Å²) in [5, 5.41) is 0. The van der Waals surface area contributed by atoms with E-state index in [0.717, 1.165) is 22.4 Å². The van der Waals surface area contributed by atoms with Crippen LogP contribution in [0.25, 0.3) is 0 Å². The summed E-state index contributed by atoms with van der Waals surface area (Å²) in [5.41, 5.74) is 4.16. The van der Waals surface area contributed by atoms with Gasteiger partial charge >= 0.3 is 0 Å². The first-order valence-electron chi connectivity index (χ1n) is 6.14. The van der Waals surface area contributed by atoms with Crippen molar-refractivity contribution >= 4 is 5.78 Å². The molecule has 0 atom stereocenters. The number of aromatic nitrogens is 1. The van der Waals surface area contributed by atoms with Crippen molar-refractivity contribution in [3.63, 3.8) is 0 Å². The van der Waals surface area contributed by atoms with Crippen molar-refractivity contribution < 1.29 is 9.53 Å². The van der Waals surface area contributed by atoms with E-state index in [1.54, 1.807) is 19.5 Å². The largest absolute Gasteiger partial charge is 0.496 e. The van der Waals surface area contributed by atoms with Crippen LogP contribution in [0, 0.1) is 20.8 Å². The molecule has 1 aromatic carbocycles. The Morgan fingerprint density at radius 2 is 1.79 bits per heavy atom. The minimum atomic E-state index is -0.000506. The lowest BCUT2D eigenvalue weighted by molar-refractivity contribution is 0.103. The fourth-order valence-electron chi connectivity index (χ4n) is 2.09. The number of hydrogen-bond donors (Lipinski definition) is 0. The SMILES string of the molecule is COc1cc(C)c(C(=O)c2cncc(C)c2)cc1C. The quantitative estimate of drug-likeness (QED) is 0.790. The molecule has 0 radical (unpaired) electrons. The van der Waals surface area contributed by atoms with Gasteiger partial charge in [0, 0.05) is 23.5 Å². The van der Waals surface area contributed by atoms with Crippen LogP contribution in [0.4, 0.5) is 0 Å². The topological polar surface area (TPSA) is 39.2 Å². The van der Waals surface area contributed by atoms with Gasteiger partial charge in [-0.25, -0.2) is 0 Å². The van der Waals surface area contributed by atoms with Crippen LogP contribution in [-0.2, 0) is 0 Å². The van der Waals surface area contributed by atoms with Gasteiger partial charge in [-0.15, -0.1) is 0 Å². The van der Waals surface area contributed by atoms with E-state index in [9.17, 15) is 4.79 Å². The highest BCUT2D eigenvalue weighted by molar-refractivity contribution is 6.10. The van der Waals surface area contributed by atoms with E-state index in [1.165, 1.54) is 0 Å². The number of hydrogen-bond acceptors (Lipinski definition) is 3. The lowest BCUT2D eigenvalue weighted by atomic mass is 9.97. The number of ketones is 1. The van der Waals surface area contributed by atoms with Crippen LogP contribution in [0.5, 0.6) is 5.75 Å². The summed E-state index contributed by atoms with van der Waals surface area (Å²) in [4.78, 5) is 16.6. The molecule has 0 aliphatic heterocycles. The maximum atomic E-state index is 12.5. The fraction of sp³-hybridized carbons (Fsp3) is 0.250. The standard InChI is InChI=1S/C16H17NO2/c1-10-5-13(9-17-8-10)16(18)14-6-12(3)15(19-4)7-11(14)2/h5-9H,1-4H3. The van der Waals surface area contributed by atoms with Crippen molar-refractivity contribution in [2.45, 2.75) is 20.8 Å². The van der Waals surface area contributed by atoms with Crippen LogP contribution in [0.15, 0.2) is 30.6 Å². The van der Waals surface area contributed by atoms with Crippen LogP contribution in [0.2, 0.25) is 0 Å². The van der Waals surface area contributed by atoms with Crippen molar-refractivity contribution in [2.24, 2.45) is 0 Å². The number of methoxy groups -OCH3 is 1. The van der Waals surface area contributed by atoms with Gasteiger partial charge in [-0.3, -0.25) is 9.78 Å². The first kappa shape index (κ1) is 13.3. The van der Waals surface area contributed by atoms with Crippen molar-refractivity contribution in [1.29, 1.82) is 0 Å². The summed E-state index contributed by atoms with van der Waals surface area (Å²) in [7, 11) is 1.63. The highest BCUT2D eigenvalue weighted by atomic mass is 16.5. The second-order valence-corrected chi connectivity index (χ2v) is 4.72. The molecule has 3 nitrogen and oxygen atoms in total. The molecule has 1 heterocycles. The molecule has 0 saturated carbocycles. The minimum absolute atomic E-state index is 0.000506. The minimum Gasteiger partial charge on any atom is -0.496 e. The monoisotopic (exact) mass is 255 g/mol. The molecule has 0 saturated heterocycles. The summed E-state index contributed by atoms with van der Waals surface area (Å²) in [6, 6.07) is 5.62. The number of pyridine rings is 1. The molecule has 1 aromatic heterocycles. The van der Waals surface area contributed by atoms with Crippen molar-refractivity contribution in [1.82, 2.24) is 4.98 Å². The molecule has 3 heteroatoms. The molecule has 0 unspecified atom stereocenters. The molecule has 98 valence electrons. The van der Waals surface area contributed by atoms with Gasteiger partial charge in [0.2, 0.25) is 0 Å². The van der Waals surface area contributed by atoms with Crippen molar-refractivity contribution in [3.05, 3.63) is 58.4 Å². The number of aryl methyl sites for hydroxylation is 3. The predicted molar refractivity (Wildman–Crippen MR) is 74.9 cm³/mol. The zero-order valence-electron chi connectivity index (χ0n) is 11.7. The molecule has 0 bridgehead atoms. The molecule has 0 spiro atoms. The van der Waals surface area contributed by atoms with Crippen LogP contribution in [0.1, 0.15) is 32.6 Å². The van der Waals surface area contributed by atoms with Crippen molar-refractivity contribution in [3.8, 4) is 5.75 Å². The number of nitrogens with zero attached hydrogens (tertiary/aromatic N) is 1. The second kappa shape index (κ2) is 5.22. The average molecular weight is 255 g/mol. The molecule has 0 aliphatic carbocycles. The molecular weight excluding hydrogens is 238 g/mol. The number of ether oxygens (including phenoxy) is 1. The Balaban J connectivity index is 2.47. The van der Waals surface area contributed by atoms with Gasteiger partial charge in [0.05, 0.1) is 7.11 Å². The van der Waals surface area contributed by atoms with Gasteiger partial charge < -0.3 is 4.74 Å². The van der Waals surface area contributed by atoms with Crippen LogP contribution >= 0.6 is 0 Å². The smallest absolute Gasteiger partial charge is 0.194 e. The Morgan fingerprint density at radius 1 is 1.05 bits per heavy atom. The highest BCUT2D eigenvalue weighted by Gasteiger charge is 2.14. The number of rotatable bonds is 3. The zero-order chi connectivity index (χ0) is 14.0. The maximum absolute atomic E-state index is 12.5. The van der Waals surface area contributed by atoms with E-state index in [1.807, 2.05) is 39.0 Å². The van der Waals surface area contributed by atoms with Gasteiger partial charge in [0.1, 0.15) is 5.75 Å². The molecule has 2 aromatic rings. The van der Waals surface area contributed by atoms with Crippen LogP contribution in [0.3, 0.4) is 0 Å². The normalized spacial score (nSPS) is 10.3. The fourth-order valence-corrected chi connectivity index (χ4v) is 2.09. The number of carbonyl (C=O) groups is 1. The van der Waals surface area contributed by atoms with Gasteiger partial charge in [-0.1, -0.05) is 0 Å². The van der Waals surface area contributed by atoms with E-state index < -0.39 is 0 Å². The van der Waals surface area contributed by atoms with Crippen LogP contribution < -0.4 is 4.74 Å². The Hall–Kier alpha value is -2.16. The molecule has 0 N–H and O–H groups in total. The number of carbonyl (C=O) groups excluding carboxylic acids is 1. The second-order valence-electron chi connectivity index (χ2n) is 4.72. The Bertz CT molecular complexity index is 633. The van der Waals surface area contributed by atoms with Gasteiger partial charge in [0.15, 0.2) is 5.78 Å². The molecule has 19 heavy (non-hydrogen) atoms. The number of benzene rings is 1. The van der Waals surface area contributed by atoms with E-state index >= 15 is 0 Å². The Kier molecular flexibility index (Phi) is 3.65. The maximum Gasteiger partial charge on any atom is 0.194 e. The first-order valence-corrected chi connectivity index (χ1v) is 6.14. The van der Waals surface area contributed by atoms with E-state index in [-0.39, 0.29) is 5.78 Å². The van der Waals surface area contributed by atoms with E-state index in [2.05, 4.69) is 4.98 Å². The third kappa shape index (κ3) is 2.65.